The predicted molar refractivity (Wildman–Crippen MR) is 100 cm³/mol. The molecule has 0 bridgehead atoms. The van der Waals surface area contributed by atoms with E-state index in [2.05, 4.69) is 28.8 Å². The summed E-state index contributed by atoms with van der Waals surface area (Å²) in [5, 5.41) is 5.54. The van der Waals surface area contributed by atoms with E-state index in [1.807, 2.05) is 45.0 Å². The number of amides is 2. The quantitative estimate of drug-likeness (QED) is 0.762. The Bertz CT molecular complexity index is 819. The summed E-state index contributed by atoms with van der Waals surface area (Å²) in [5.41, 5.74) is 5.71. The minimum atomic E-state index is -0.210. The van der Waals surface area contributed by atoms with Crippen LogP contribution < -0.4 is 10.6 Å². The van der Waals surface area contributed by atoms with E-state index in [-0.39, 0.29) is 23.8 Å². The Kier molecular flexibility index (Phi) is 4.62. The Morgan fingerprint density at radius 1 is 0.960 bits per heavy atom. The van der Waals surface area contributed by atoms with E-state index in [1.165, 1.54) is 22.3 Å². The van der Waals surface area contributed by atoms with E-state index >= 15 is 0 Å². The van der Waals surface area contributed by atoms with E-state index in [1.54, 1.807) is 0 Å². The zero-order valence-corrected chi connectivity index (χ0v) is 15.0. The molecule has 4 heteroatoms. The summed E-state index contributed by atoms with van der Waals surface area (Å²) in [7, 11) is 0. The first-order valence-electron chi connectivity index (χ1n) is 8.59. The maximum atomic E-state index is 12.1. The summed E-state index contributed by atoms with van der Waals surface area (Å²) in [6.45, 7) is 5.98. The Morgan fingerprint density at radius 2 is 1.68 bits per heavy atom. The van der Waals surface area contributed by atoms with Gasteiger partial charge in [-0.25, -0.2) is 0 Å². The van der Waals surface area contributed by atoms with Gasteiger partial charge in [-0.2, -0.15) is 0 Å². The third kappa shape index (κ3) is 4.27. The summed E-state index contributed by atoms with van der Waals surface area (Å²) in [5.74, 6) is -0.315. The summed E-state index contributed by atoms with van der Waals surface area (Å²) in [4.78, 5) is 23.9. The van der Waals surface area contributed by atoms with E-state index in [9.17, 15) is 9.59 Å². The van der Waals surface area contributed by atoms with Gasteiger partial charge in [-0.3, -0.25) is 9.59 Å². The van der Waals surface area contributed by atoms with Crippen molar-refractivity contribution in [1.29, 1.82) is 0 Å². The van der Waals surface area contributed by atoms with Gasteiger partial charge in [-0.15, -0.1) is 0 Å². The van der Waals surface area contributed by atoms with Gasteiger partial charge in [0.05, 0.1) is 6.54 Å². The minimum Gasteiger partial charge on any atom is -0.347 e. The molecule has 0 atom stereocenters. The second kappa shape index (κ2) is 6.71. The van der Waals surface area contributed by atoms with Gasteiger partial charge in [0.1, 0.15) is 0 Å². The standard InChI is InChI=1S/C21H24N2O2/c1-21(2,3)12-19(24)22-13-20(25)23-16-8-9-18-15(11-16)10-14-6-4-5-7-17(14)18/h4-9,11H,10,12-13H2,1-3H3,(H,22,24)(H,23,25). The fourth-order valence-corrected chi connectivity index (χ4v) is 3.15. The van der Waals surface area contributed by atoms with Crippen LogP contribution in [0, 0.1) is 5.41 Å². The van der Waals surface area contributed by atoms with Gasteiger partial charge < -0.3 is 10.6 Å². The van der Waals surface area contributed by atoms with Crippen molar-refractivity contribution in [3.63, 3.8) is 0 Å². The van der Waals surface area contributed by atoms with Crippen molar-refractivity contribution in [3.8, 4) is 11.1 Å². The van der Waals surface area contributed by atoms with E-state index in [0.717, 1.165) is 12.1 Å². The predicted octanol–water partition coefficient (Wildman–Crippen LogP) is 3.75. The molecule has 1 aliphatic rings. The van der Waals surface area contributed by atoms with Crippen LogP contribution in [0.2, 0.25) is 0 Å². The lowest BCUT2D eigenvalue weighted by Crippen LogP contribution is -2.34. The Balaban J connectivity index is 1.58. The molecule has 0 saturated carbocycles. The highest BCUT2D eigenvalue weighted by Crippen LogP contribution is 2.37. The topological polar surface area (TPSA) is 58.2 Å². The zero-order valence-electron chi connectivity index (χ0n) is 15.0. The SMILES string of the molecule is CC(C)(C)CC(=O)NCC(=O)Nc1ccc2c(c1)Cc1ccccc1-2. The maximum Gasteiger partial charge on any atom is 0.243 e. The number of hydrogen-bond acceptors (Lipinski definition) is 2. The zero-order chi connectivity index (χ0) is 18.0. The van der Waals surface area contributed by atoms with Gasteiger partial charge in [-0.05, 0) is 46.2 Å². The molecule has 0 unspecified atom stereocenters. The molecular weight excluding hydrogens is 312 g/mol. The van der Waals surface area contributed by atoms with E-state index < -0.39 is 0 Å². The van der Waals surface area contributed by atoms with Crippen LogP contribution in [0.15, 0.2) is 42.5 Å². The maximum absolute atomic E-state index is 12.1. The number of anilines is 1. The molecular formula is C21H24N2O2. The fraction of sp³-hybridized carbons (Fsp3) is 0.333. The first kappa shape index (κ1) is 17.2. The molecule has 1 aliphatic carbocycles. The Hall–Kier alpha value is -2.62. The van der Waals surface area contributed by atoms with Crippen LogP contribution >= 0.6 is 0 Å². The normalized spacial score (nSPS) is 12.3. The monoisotopic (exact) mass is 336 g/mol. The van der Waals surface area contributed by atoms with Crippen LogP contribution in [0.4, 0.5) is 5.69 Å². The molecule has 0 heterocycles. The van der Waals surface area contributed by atoms with Crippen molar-refractivity contribution in [2.75, 3.05) is 11.9 Å². The molecule has 3 rings (SSSR count). The molecule has 2 aromatic carbocycles. The molecule has 0 spiro atoms. The van der Waals surface area contributed by atoms with Crippen molar-refractivity contribution < 1.29 is 9.59 Å². The summed E-state index contributed by atoms with van der Waals surface area (Å²) < 4.78 is 0. The first-order chi connectivity index (χ1) is 11.8. The number of benzene rings is 2. The Labute approximate surface area is 148 Å². The van der Waals surface area contributed by atoms with Crippen molar-refractivity contribution in [3.05, 3.63) is 53.6 Å². The number of hydrogen-bond donors (Lipinski definition) is 2. The van der Waals surface area contributed by atoms with Gasteiger partial charge >= 0.3 is 0 Å². The van der Waals surface area contributed by atoms with Gasteiger partial charge in [-0.1, -0.05) is 51.1 Å². The van der Waals surface area contributed by atoms with E-state index in [0.29, 0.717) is 6.42 Å². The smallest absolute Gasteiger partial charge is 0.243 e. The van der Waals surface area contributed by atoms with Crippen LogP contribution in [-0.4, -0.2) is 18.4 Å². The molecule has 0 radical (unpaired) electrons. The van der Waals surface area contributed by atoms with Crippen molar-refractivity contribution in [1.82, 2.24) is 5.32 Å². The lowest BCUT2D eigenvalue weighted by Gasteiger charge is -2.17. The second-order valence-electron chi connectivity index (χ2n) is 7.77. The number of nitrogens with one attached hydrogen (secondary N) is 2. The van der Waals surface area contributed by atoms with Crippen LogP contribution in [0.1, 0.15) is 38.3 Å². The average molecular weight is 336 g/mol. The van der Waals surface area contributed by atoms with Crippen LogP contribution in [0.3, 0.4) is 0 Å². The van der Waals surface area contributed by atoms with Gasteiger partial charge in [0.15, 0.2) is 0 Å². The highest BCUT2D eigenvalue weighted by atomic mass is 16.2. The number of carbonyl (C=O) groups is 2. The summed E-state index contributed by atoms with van der Waals surface area (Å²) in [6.07, 6.45) is 1.29. The third-order valence-corrected chi connectivity index (χ3v) is 4.21. The van der Waals surface area contributed by atoms with Gasteiger partial charge in [0.2, 0.25) is 11.8 Å². The van der Waals surface area contributed by atoms with Crippen molar-refractivity contribution in [2.45, 2.75) is 33.6 Å². The minimum absolute atomic E-state index is 0.00771. The number of carbonyl (C=O) groups excluding carboxylic acids is 2. The fourth-order valence-electron chi connectivity index (χ4n) is 3.15. The summed E-state index contributed by atoms with van der Waals surface area (Å²) >= 11 is 0. The van der Waals surface area contributed by atoms with Gasteiger partial charge in [0, 0.05) is 12.1 Å². The molecule has 2 N–H and O–H groups in total. The third-order valence-electron chi connectivity index (χ3n) is 4.21. The molecule has 2 amide bonds. The van der Waals surface area contributed by atoms with Crippen LogP contribution in [0.5, 0.6) is 0 Å². The lowest BCUT2D eigenvalue weighted by molar-refractivity contribution is -0.125. The van der Waals surface area contributed by atoms with Crippen LogP contribution in [-0.2, 0) is 16.0 Å². The molecule has 0 saturated heterocycles. The molecule has 25 heavy (non-hydrogen) atoms. The van der Waals surface area contributed by atoms with Crippen molar-refractivity contribution in [2.24, 2.45) is 5.41 Å². The second-order valence-corrected chi connectivity index (χ2v) is 7.77. The van der Waals surface area contributed by atoms with E-state index in [4.69, 9.17) is 0 Å². The molecule has 2 aromatic rings. The molecule has 0 fully saturated rings. The van der Waals surface area contributed by atoms with Gasteiger partial charge in [0.25, 0.3) is 0 Å². The lowest BCUT2D eigenvalue weighted by atomic mass is 9.92. The molecule has 4 nitrogen and oxygen atoms in total. The van der Waals surface area contributed by atoms with Crippen molar-refractivity contribution >= 4 is 17.5 Å². The molecule has 130 valence electrons. The molecule has 0 aliphatic heterocycles. The molecule has 0 aromatic heterocycles. The van der Waals surface area contributed by atoms with Crippen LogP contribution in [0.25, 0.3) is 11.1 Å². The average Bonchev–Trinajstić information content (AvgIpc) is 2.89. The first-order valence-corrected chi connectivity index (χ1v) is 8.59. The number of rotatable bonds is 4. The highest BCUT2D eigenvalue weighted by molar-refractivity contribution is 5.95. The largest absolute Gasteiger partial charge is 0.347 e. The Morgan fingerprint density at radius 3 is 2.44 bits per heavy atom. The summed E-state index contributed by atoms with van der Waals surface area (Å²) in [6, 6.07) is 14.3. The number of fused-ring (bicyclic) bond motifs is 3. The highest BCUT2D eigenvalue weighted by Gasteiger charge is 2.19.